The van der Waals surface area contributed by atoms with E-state index in [1.165, 1.54) is 0 Å². The van der Waals surface area contributed by atoms with Gasteiger partial charge in [0, 0.05) is 36.3 Å². The summed E-state index contributed by atoms with van der Waals surface area (Å²) in [5.41, 5.74) is 5.80. The molecule has 2 aromatic carbocycles. The Balaban J connectivity index is 1.71. The minimum absolute atomic E-state index is 0.0657. The summed E-state index contributed by atoms with van der Waals surface area (Å²) in [7, 11) is 4.05. The Bertz CT molecular complexity index is 994. The minimum atomic E-state index is -0.131. The van der Waals surface area contributed by atoms with Gasteiger partial charge in [-0.25, -0.2) is 4.98 Å². The van der Waals surface area contributed by atoms with Gasteiger partial charge in [-0.1, -0.05) is 12.1 Å². The van der Waals surface area contributed by atoms with E-state index in [9.17, 15) is 4.79 Å². The Morgan fingerprint density at radius 3 is 2.85 bits per heavy atom. The maximum Gasteiger partial charge on any atom is 0.262 e. The first kappa shape index (κ1) is 16.6. The van der Waals surface area contributed by atoms with Gasteiger partial charge in [0.15, 0.2) is 6.61 Å². The summed E-state index contributed by atoms with van der Waals surface area (Å²) in [5, 5.41) is 5.89. The number of carbonyl (C=O) groups is 1. The molecule has 1 amide bonds. The molecule has 6 heteroatoms. The summed E-state index contributed by atoms with van der Waals surface area (Å²) in [6.45, 7) is 2.05. The number of amides is 1. The van der Waals surface area contributed by atoms with E-state index in [4.69, 9.17) is 9.72 Å². The molecule has 0 saturated carbocycles. The SMILES string of the molecule is Cc1cc(-c2csc(-c3cccc(N(C)C)c3)n2)cc2c1OCC(=O)N2. The number of carbonyl (C=O) groups excluding carboxylic acids is 1. The number of aryl methyl sites for hydroxylation is 1. The van der Waals surface area contributed by atoms with Gasteiger partial charge in [0.25, 0.3) is 5.91 Å². The molecule has 1 aliphatic rings. The second-order valence-electron chi connectivity index (χ2n) is 6.49. The zero-order valence-electron chi connectivity index (χ0n) is 14.9. The van der Waals surface area contributed by atoms with Crippen LogP contribution in [0.15, 0.2) is 41.8 Å². The third-order valence-electron chi connectivity index (χ3n) is 4.31. The van der Waals surface area contributed by atoms with Crippen molar-refractivity contribution in [2.75, 3.05) is 30.9 Å². The Kier molecular flexibility index (Phi) is 4.12. The molecule has 132 valence electrons. The minimum Gasteiger partial charge on any atom is -0.481 e. The van der Waals surface area contributed by atoms with Crippen LogP contribution in [0.5, 0.6) is 5.75 Å². The zero-order chi connectivity index (χ0) is 18.3. The predicted octanol–water partition coefficient (Wildman–Crippen LogP) is 4.18. The number of fused-ring (bicyclic) bond motifs is 1. The third-order valence-corrected chi connectivity index (χ3v) is 5.20. The summed E-state index contributed by atoms with van der Waals surface area (Å²) >= 11 is 1.61. The fourth-order valence-corrected chi connectivity index (χ4v) is 3.81. The fourth-order valence-electron chi connectivity index (χ4n) is 2.99. The van der Waals surface area contributed by atoms with Gasteiger partial charge in [0.05, 0.1) is 11.4 Å². The molecule has 0 aliphatic carbocycles. The van der Waals surface area contributed by atoms with Crippen molar-refractivity contribution in [2.24, 2.45) is 0 Å². The lowest BCUT2D eigenvalue weighted by molar-refractivity contribution is -0.118. The first-order valence-corrected chi connectivity index (χ1v) is 9.20. The number of hydrogen-bond acceptors (Lipinski definition) is 5. The average Bonchev–Trinajstić information content (AvgIpc) is 3.11. The van der Waals surface area contributed by atoms with Gasteiger partial charge in [0.2, 0.25) is 0 Å². The molecular formula is C20H19N3O2S. The third kappa shape index (κ3) is 3.04. The number of anilines is 2. The zero-order valence-corrected chi connectivity index (χ0v) is 15.7. The highest BCUT2D eigenvalue weighted by atomic mass is 32.1. The molecule has 3 aromatic rings. The van der Waals surface area contributed by atoms with Crippen LogP contribution in [0.1, 0.15) is 5.56 Å². The van der Waals surface area contributed by atoms with Crippen LogP contribution in [0.25, 0.3) is 21.8 Å². The highest BCUT2D eigenvalue weighted by Crippen LogP contribution is 2.37. The largest absolute Gasteiger partial charge is 0.481 e. The lowest BCUT2D eigenvalue weighted by Gasteiger charge is -2.20. The lowest BCUT2D eigenvalue weighted by atomic mass is 10.1. The second kappa shape index (κ2) is 6.46. The van der Waals surface area contributed by atoms with E-state index in [1.807, 2.05) is 44.6 Å². The number of nitrogens with one attached hydrogen (secondary N) is 1. The number of aromatic nitrogens is 1. The Labute approximate surface area is 156 Å². The van der Waals surface area contributed by atoms with Gasteiger partial charge in [-0.3, -0.25) is 4.79 Å². The van der Waals surface area contributed by atoms with E-state index in [0.717, 1.165) is 38.8 Å². The summed E-state index contributed by atoms with van der Waals surface area (Å²) in [6, 6.07) is 12.3. The number of thiazole rings is 1. The maximum atomic E-state index is 11.6. The van der Waals surface area contributed by atoms with Crippen molar-refractivity contribution in [3.8, 4) is 27.6 Å². The van der Waals surface area contributed by atoms with Crippen LogP contribution >= 0.6 is 11.3 Å². The van der Waals surface area contributed by atoms with Gasteiger partial charge >= 0.3 is 0 Å². The molecule has 4 rings (SSSR count). The number of rotatable bonds is 3. The molecule has 0 atom stereocenters. The number of hydrogen-bond donors (Lipinski definition) is 1. The van der Waals surface area contributed by atoms with E-state index in [1.54, 1.807) is 11.3 Å². The predicted molar refractivity (Wildman–Crippen MR) is 106 cm³/mol. The molecular weight excluding hydrogens is 346 g/mol. The first-order chi connectivity index (χ1) is 12.5. The molecule has 1 aromatic heterocycles. The van der Waals surface area contributed by atoms with Crippen LogP contribution in [0, 0.1) is 6.92 Å². The van der Waals surface area contributed by atoms with Crippen molar-refractivity contribution in [3.63, 3.8) is 0 Å². The monoisotopic (exact) mass is 365 g/mol. The quantitative estimate of drug-likeness (QED) is 0.756. The fraction of sp³-hybridized carbons (Fsp3) is 0.200. The van der Waals surface area contributed by atoms with Crippen LogP contribution in [0.3, 0.4) is 0 Å². The molecule has 1 aliphatic heterocycles. The molecule has 0 fully saturated rings. The van der Waals surface area contributed by atoms with E-state index < -0.39 is 0 Å². The highest BCUT2D eigenvalue weighted by Gasteiger charge is 2.20. The number of nitrogens with zero attached hydrogens (tertiary/aromatic N) is 2. The van der Waals surface area contributed by atoms with Gasteiger partial charge in [-0.2, -0.15) is 0 Å². The van der Waals surface area contributed by atoms with Gasteiger partial charge in [-0.15, -0.1) is 11.3 Å². The molecule has 0 saturated heterocycles. The normalized spacial score (nSPS) is 13.0. The van der Waals surface area contributed by atoms with Crippen molar-refractivity contribution in [1.82, 2.24) is 4.98 Å². The van der Waals surface area contributed by atoms with Crippen LogP contribution in [0.4, 0.5) is 11.4 Å². The smallest absolute Gasteiger partial charge is 0.262 e. The molecule has 26 heavy (non-hydrogen) atoms. The van der Waals surface area contributed by atoms with Gasteiger partial charge < -0.3 is 15.0 Å². The van der Waals surface area contributed by atoms with Crippen molar-refractivity contribution >= 4 is 28.6 Å². The molecule has 0 bridgehead atoms. The maximum absolute atomic E-state index is 11.6. The second-order valence-corrected chi connectivity index (χ2v) is 7.35. The number of ether oxygens (including phenoxy) is 1. The van der Waals surface area contributed by atoms with Crippen LogP contribution < -0.4 is 15.0 Å². The van der Waals surface area contributed by atoms with Crippen molar-refractivity contribution < 1.29 is 9.53 Å². The number of benzene rings is 2. The standard InChI is InChI=1S/C20H19N3O2S/c1-12-7-14(9-16-19(12)25-10-18(24)21-16)17-11-26-20(22-17)13-5-4-6-15(8-13)23(2)3/h4-9,11H,10H2,1-3H3,(H,21,24). The average molecular weight is 365 g/mol. The topological polar surface area (TPSA) is 54.5 Å². The first-order valence-electron chi connectivity index (χ1n) is 8.32. The van der Waals surface area contributed by atoms with Crippen molar-refractivity contribution in [2.45, 2.75) is 6.92 Å². The lowest BCUT2D eigenvalue weighted by Crippen LogP contribution is -2.25. The molecule has 0 spiro atoms. The highest BCUT2D eigenvalue weighted by molar-refractivity contribution is 7.13. The van der Waals surface area contributed by atoms with Crippen LogP contribution in [0.2, 0.25) is 0 Å². The Morgan fingerprint density at radius 2 is 2.04 bits per heavy atom. The van der Waals surface area contributed by atoms with Crippen molar-refractivity contribution in [1.29, 1.82) is 0 Å². The Morgan fingerprint density at radius 1 is 1.19 bits per heavy atom. The van der Waals surface area contributed by atoms with Crippen LogP contribution in [-0.4, -0.2) is 31.6 Å². The van der Waals surface area contributed by atoms with Crippen molar-refractivity contribution in [3.05, 3.63) is 47.3 Å². The van der Waals surface area contributed by atoms with E-state index in [-0.39, 0.29) is 12.5 Å². The van der Waals surface area contributed by atoms with E-state index in [2.05, 4.69) is 28.4 Å². The molecule has 1 N–H and O–H groups in total. The summed E-state index contributed by atoms with van der Waals surface area (Å²) in [4.78, 5) is 18.5. The van der Waals surface area contributed by atoms with Gasteiger partial charge in [-0.05, 0) is 36.8 Å². The van der Waals surface area contributed by atoms with Gasteiger partial charge in [0.1, 0.15) is 10.8 Å². The molecule has 5 nitrogen and oxygen atoms in total. The molecule has 0 radical (unpaired) electrons. The summed E-state index contributed by atoms with van der Waals surface area (Å²) in [5.74, 6) is 0.607. The Hall–Kier alpha value is -2.86. The molecule has 0 unspecified atom stereocenters. The van der Waals surface area contributed by atoms with E-state index in [0.29, 0.717) is 5.69 Å². The molecule has 2 heterocycles. The summed E-state index contributed by atoms with van der Waals surface area (Å²) < 4.78 is 5.53. The van der Waals surface area contributed by atoms with E-state index >= 15 is 0 Å². The summed E-state index contributed by atoms with van der Waals surface area (Å²) in [6.07, 6.45) is 0. The van der Waals surface area contributed by atoms with Crippen LogP contribution in [-0.2, 0) is 4.79 Å².